The van der Waals surface area contributed by atoms with Gasteiger partial charge in [0.15, 0.2) is 9.84 Å². The molecule has 2 unspecified atom stereocenters. The number of terminal acetylenes is 1. The van der Waals surface area contributed by atoms with Gasteiger partial charge in [-0.25, -0.2) is 18.0 Å². The zero-order valence-corrected chi connectivity index (χ0v) is 11.1. The number of aliphatic carboxylic acids is 1. The number of carbonyl (C=O) groups excluding carboxylic acids is 1. The third kappa shape index (κ3) is 4.44. The molecule has 19 heavy (non-hydrogen) atoms. The summed E-state index contributed by atoms with van der Waals surface area (Å²) in [6.45, 7) is -0.0173. The van der Waals surface area contributed by atoms with E-state index in [0.717, 1.165) is 0 Å². The van der Waals surface area contributed by atoms with E-state index in [2.05, 4.69) is 16.6 Å². The van der Waals surface area contributed by atoms with Gasteiger partial charge in [0.1, 0.15) is 6.04 Å². The van der Waals surface area contributed by atoms with Crippen LogP contribution >= 0.6 is 0 Å². The quantitative estimate of drug-likeness (QED) is 0.581. The van der Waals surface area contributed by atoms with E-state index in [-0.39, 0.29) is 18.7 Å². The van der Waals surface area contributed by atoms with Crippen molar-refractivity contribution in [1.29, 1.82) is 0 Å². The predicted molar refractivity (Wildman–Crippen MR) is 68.2 cm³/mol. The van der Waals surface area contributed by atoms with Crippen molar-refractivity contribution in [2.45, 2.75) is 30.6 Å². The Morgan fingerprint density at radius 3 is 2.63 bits per heavy atom. The summed E-state index contributed by atoms with van der Waals surface area (Å²) >= 11 is 0. The van der Waals surface area contributed by atoms with Crippen molar-refractivity contribution in [1.82, 2.24) is 10.6 Å². The van der Waals surface area contributed by atoms with Gasteiger partial charge in [-0.15, -0.1) is 12.3 Å². The molecular formula is C11H16N2O5S. The Morgan fingerprint density at radius 1 is 1.47 bits per heavy atom. The Kier molecular flexibility index (Phi) is 5.18. The lowest BCUT2D eigenvalue weighted by molar-refractivity contribution is -0.139. The van der Waals surface area contributed by atoms with Crippen LogP contribution in [0.15, 0.2) is 0 Å². The molecule has 0 spiro atoms. The number of carboxylic acid groups (broad SMARTS) is 1. The Labute approximate surface area is 111 Å². The van der Waals surface area contributed by atoms with E-state index in [9.17, 15) is 18.0 Å². The summed E-state index contributed by atoms with van der Waals surface area (Å²) in [6, 6.07) is -1.91. The van der Waals surface area contributed by atoms with E-state index >= 15 is 0 Å². The molecule has 1 fully saturated rings. The lowest BCUT2D eigenvalue weighted by Crippen LogP contribution is -2.47. The molecule has 1 heterocycles. The number of sulfone groups is 1. The normalized spacial score (nSPS) is 22.2. The van der Waals surface area contributed by atoms with Gasteiger partial charge in [-0.1, -0.05) is 0 Å². The first-order valence-corrected chi connectivity index (χ1v) is 7.50. The number of urea groups is 1. The number of amides is 2. The van der Waals surface area contributed by atoms with E-state index < -0.39 is 33.1 Å². The van der Waals surface area contributed by atoms with Crippen molar-refractivity contribution in [3.05, 3.63) is 0 Å². The summed E-state index contributed by atoms with van der Waals surface area (Å²) < 4.78 is 23.0. The minimum atomic E-state index is -3.13. The van der Waals surface area contributed by atoms with Crippen LogP contribution < -0.4 is 10.6 Å². The molecule has 7 nitrogen and oxygen atoms in total. The number of carboxylic acids is 1. The fraction of sp³-hybridized carbons (Fsp3) is 0.636. The number of carbonyl (C=O) groups is 2. The summed E-state index contributed by atoms with van der Waals surface area (Å²) in [4.78, 5) is 22.2. The first kappa shape index (κ1) is 15.3. The van der Waals surface area contributed by atoms with E-state index in [1.165, 1.54) is 0 Å². The molecule has 0 aromatic rings. The molecular weight excluding hydrogens is 272 g/mol. The van der Waals surface area contributed by atoms with Crippen molar-refractivity contribution >= 4 is 21.8 Å². The summed E-state index contributed by atoms with van der Waals surface area (Å²) in [6.07, 6.45) is 5.95. The van der Waals surface area contributed by atoms with Gasteiger partial charge in [0.25, 0.3) is 0 Å². The highest BCUT2D eigenvalue weighted by Gasteiger charge is 2.31. The molecule has 0 bridgehead atoms. The first-order chi connectivity index (χ1) is 8.86. The van der Waals surface area contributed by atoms with Crippen molar-refractivity contribution < 1.29 is 23.1 Å². The van der Waals surface area contributed by atoms with Gasteiger partial charge in [0.2, 0.25) is 0 Å². The molecule has 0 aromatic carbocycles. The van der Waals surface area contributed by atoms with Crippen LogP contribution in [-0.4, -0.2) is 49.1 Å². The van der Waals surface area contributed by atoms with Gasteiger partial charge in [0.05, 0.1) is 11.0 Å². The Bertz CT molecular complexity index is 494. The van der Waals surface area contributed by atoms with E-state index in [1.807, 2.05) is 0 Å². The average Bonchev–Trinajstić information content (AvgIpc) is 2.65. The zero-order valence-electron chi connectivity index (χ0n) is 10.3. The molecule has 2 amide bonds. The molecule has 1 saturated heterocycles. The van der Waals surface area contributed by atoms with Gasteiger partial charge in [-0.2, -0.15) is 0 Å². The fourth-order valence-corrected chi connectivity index (χ4v) is 3.59. The van der Waals surface area contributed by atoms with Gasteiger partial charge < -0.3 is 15.7 Å². The molecule has 1 rings (SSSR count). The first-order valence-electron chi connectivity index (χ1n) is 5.79. The smallest absolute Gasteiger partial charge is 0.327 e. The second-order valence-corrected chi connectivity index (χ2v) is 6.69. The van der Waals surface area contributed by atoms with Crippen LogP contribution in [0.25, 0.3) is 0 Å². The van der Waals surface area contributed by atoms with Crippen LogP contribution in [0, 0.1) is 12.3 Å². The van der Waals surface area contributed by atoms with Crippen molar-refractivity contribution in [3.8, 4) is 12.3 Å². The Hall–Kier alpha value is -1.75. The van der Waals surface area contributed by atoms with Crippen LogP contribution in [0.1, 0.15) is 19.3 Å². The second-order valence-electron chi connectivity index (χ2n) is 4.28. The highest BCUT2D eigenvalue weighted by atomic mass is 32.2. The zero-order chi connectivity index (χ0) is 14.5. The predicted octanol–water partition coefficient (Wildman–Crippen LogP) is -0.661. The average molecular weight is 288 g/mol. The Morgan fingerprint density at radius 2 is 2.16 bits per heavy atom. The van der Waals surface area contributed by atoms with Gasteiger partial charge in [-0.3, -0.25) is 0 Å². The SMILES string of the molecule is C#CCC(NC(=O)NCC1CCCS1(=O)=O)C(=O)O. The number of nitrogens with one attached hydrogen (secondary N) is 2. The molecule has 0 radical (unpaired) electrons. The van der Waals surface area contributed by atoms with Crippen molar-refractivity contribution in [2.75, 3.05) is 12.3 Å². The fourth-order valence-electron chi connectivity index (χ4n) is 1.82. The van der Waals surface area contributed by atoms with E-state index in [4.69, 9.17) is 11.5 Å². The van der Waals surface area contributed by atoms with Gasteiger partial charge in [0, 0.05) is 13.0 Å². The van der Waals surface area contributed by atoms with Crippen LogP contribution in [0.5, 0.6) is 0 Å². The molecule has 0 aromatic heterocycles. The topological polar surface area (TPSA) is 113 Å². The number of hydrogen-bond donors (Lipinski definition) is 3. The highest BCUT2D eigenvalue weighted by molar-refractivity contribution is 7.92. The summed E-state index contributed by atoms with van der Waals surface area (Å²) in [5.41, 5.74) is 0. The molecule has 1 aliphatic heterocycles. The molecule has 1 aliphatic rings. The highest BCUT2D eigenvalue weighted by Crippen LogP contribution is 2.18. The third-order valence-electron chi connectivity index (χ3n) is 2.88. The largest absolute Gasteiger partial charge is 0.480 e. The number of rotatable bonds is 5. The summed E-state index contributed by atoms with van der Waals surface area (Å²) in [5, 5.41) is 12.7. The number of hydrogen-bond acceptors (Lipinski definition) is 4. The van der Waals surface area contributed by atoms with Crippen molar-refractivity contribution in [3.63, 3.8) is 0 Å². The van der Waals surface area contributed by atoms with E-state index in [1.54, 1.807) is 0 Å². The molecule has 106 valence electrons. The molecule has 3 N–H and O–H groups in total. The lowest BCUT2D eigenvalue weighted by atomic mass is 10.2. The van der Waals surface area contributed by atoms with Crippen LogP contribution in [-0.2, 0) is 14.6 Å². The Balaban J connectivity index is 2.43. The minimum Gasteiger partial charge on any atom is -0.480 e. The lowest BCUT2D eigenvalue weighted by Gasteiger charge is -2.14. The maximum atomic E-state index is 11.5. The van der Waals surface area contributed by atoms with Crippen LogP contribution in [0.3, 0.4) is 0 Å². The molecule has 8 heteroatoms. The van der Waals surface area contributed by atoms with Crippen LogP contribution in [0.4, 0.5) is 4.79 Å². The molecule has 0 aliphatic carbocycles. The van der Waals surface area contributed by atoms with E-state index in [0.29, 0.717) is 12.8 Å². The summed E-state index contributed by atoms with van der Waals surface area (Å²) in [5.74, 6) is 1.05. The maximum absolute atomic E-state index is 11.5. The standard InChI is InChI=1S/C11H16N2O5S/c1-2-4-9(10(14)15)13-11(16)12-7-8-5-3-6-19(8,17)18/h1,8-9H,3-7H2,(H,14,15)(H2,12,13,16). The van der Waals surface area contributed by atoms with Crippen LogP contribution in [0.2, 0.25) is 0 Å². The molecule has 0 saturated carbocycles. The molecule has 2 atom stereocenters. The third-order valence-corrected chi connectivity index (χ3v) is 5.15. The maximum Gasteiger partial charge on any atom is 0.327 e. The minimum absolute atomic E-state index is 0.0173. The van der Waals surface area contributed by atoms with Crippen molar-refractivity contribution in [2.24, 2.45) is 0 Å². The monoisotopic (exact) mass is 288 g/mol. The van der Waals surface area contributed by atoms with Gasteiger partial charge in [-0.05, 0) is 12.8 Å². The summed E-state index contributed by atoms with van der Waals surface area (Å²) in [7, 11) is -3.13. The van der Waals surface area contributed by atoms with Gasteiger partial charge >= 0.3 is 12.0 Å². The second kappa shape index (κ2) is 6.43.